The summed E-state index contributed by atoms with van der Waals surface area (Å²) in [7, 11) is 0. The van der Waals surface area contributed by atoms with Gasteiger partial charge >= 0.3 is 0 Å². The zero-order chi connectivity index (χ0) is 14.4. The highest BCUT2D eigenvalue weighted by atomic mass is 16.1. The van der Waals surface area contributed by atoms with Gasteiger partial charge in [0.1, 0.15) is 0 Å². The molecule has 0 aliphatic heterocycles. The summed E-state index contributed by atoms with van der Waals surface area (Å²) in [5.74, 6) is -0.0428. The SMILES string of the molecule is CC(C)NC(=O)c1ccc(NCc2cccnc2)cc1. The lowest BCUT2D eigenvalue weighted by Gasteiger charge is -2.10. The summed E-state index contributed by atoms with van der Waals surface area (Å²) < 4.78 is 0. The molecule has 0 atom stereocenters. The van der Waals surface area contributed by atoms with Gasteiger partial charge in [0.15, 0.2) is 0 Å². The standard InChI is InChI=1S/C16H19N3O/c1-12(2)19-16(20)14-5-7-15(8-6-14)18-11-13-4-3-9-17-10-13/h3-10,12,18H,11H2,1-2H3,(H,19,20). The highest BCUT2D eigenvalue weighted by Crippen LogP contribution is 2.11. The number of hydrogen-bond donors (Lipinski definition) is 2. The average Bonchev–Trinajstić information content (AvgIpc) is 2.46. The average molecular weight is 269 g/mol. The second kappa shape index (κ2) is 6.70. The van der Waals surface area contributed by atoms with Crippen LogP contribution in [-0.2, 0) is 6.54 Å². The molecule has 0 aliphatic carbocycles. The molecule has 1 aromatic heterocycles. The molecular formula is C16H19N3O. The number of amides is 1. The molecule has 1 aromatic carbocycles. The van der Waals surface area contributed by atoms with E-state index in [0.29, 0.717) is 12.1 Å². The topological polar surface area (TPSA) is 54.0 Å². The monoisotopic (exact) mass is 269 g/mol. The van der Waals surface area contributed by atoms with Gasteiger partial charge in [0.25, 0.3) is 5.91 Å². The van der Waals surface area contributed by atoms with Crippen molar-refractivity contribution in [2.24, 2.45) is 0 Å². The summed E-state index contributed by atoms with van der Waals surface area (Å²) in [6.07, 6.45) is 3.59. The fourth-order valence-corrected chi connectivity index (χ4v) is 1.79. The highest BCUT2D eigenvalue weighted by Gasteiger charge is 2.06. The van der Waals surface area contributed by atoms with Gasteiger partial charge in [-0.15, -0.1) is 0 Å². The van der Waals surface area contributed by atoms with Crippen molar-refractivity contribution in [3.63, 3.8) is 0 Å². The summed E-state index contributed by atoms with van der Waals surface area (Å²) >= 11 is 0. The second-order valence-electron chi connectivity index (χ2n) is 4.92. The predicted molar refractivity (Wildman–Crippen MR) is 80.6 cm³/mol. The van der Waals surface area contributed by atoms with Gasteiger partial charge in [-0.05, 0) is 49.7 Å². The first kappa shape index (κ1) is 14.1. The maximum atomic E-state index is 11.8. The Hall–Kier alpha value is -2.36. The fourth-order valence-electron chi connectivity index (χ4n) is 1.79. The number of nitrogens with zero attached hydrogens (tertiary/aromatic N) is 1. The van der Waals surface area contributed by atoms with Gasteiger partial charge in [0.2, 0.25) is 0 Å². The van der Waals surface area contributed by atoms with Crippen molar-refractivity contribution < 1.29 is 4.79 Å². The highest BCUT2D eigenvalue weighted by molar-refractivity contribution is 5.94. The van der Waals surface area contributed by atoms with Gasteiger partial charge in [-0.25, -0.2) is 0 Å². The van der Waals surface area contributed by atoms with Crippen molar-refractivity contribution in [3.8, 4) is 0 Å². The van der Waals surface area contributed by atoms with Gasteiger partial charge in [0, 0.05) is 36.2 Å². The van der Waals surface area contributed by atoms with E-state index in [9.17, 15) is 4.79 Å². The molecule has 0 fully saturated rings. The van der Waals surface area contributed by atoms with Gasteiger partial charge in [-0.2, -0.15) is 0 Å². The fraction of sp³-hybridized carbons (Fsp3) is 0.250. The number of aromatic nitrogens is 1. The molecular weight excluding hydrogens is 250 g/mol. The normalized spacial score (nSPS) is 10.3. The molecule has 0 saturated carbocycles. The second-order valence-corrected chi connectivity index (χ2v) is 4.92. The number of anilines is 1. The zero-order valence-electron chi connectivity index (χ0n) is 11.8. The number of nitrogens with one attached hydrogen (secondary N) is 2. The first-order valence-electron chi connectivity index (χ1n) is 6.69. The minimum absolute atomic E-state index is 0.0428. The number of carbonyl (C=O) groups is 1. The van der Waals surface area contributed by atoms with Gasteiger partial charge in [-0.1, -0.05) is 6.07 Å². The molecule has 1 amide bonds. The minimum Gasteiger partial charge on any atom is -0.381 e. The molecule has 4 heteroatoms. The number of carbonyl (C=O) groups excluding carboxylic acids is 1. The van der Waals surface area contributed by atoms with E-state index in [1.54, 1.807) is 6.20 Å². The Morgan fingerprint density at radius 2 is 1.95 bits per heavy atom. The summed E-state index contributed by atoms with van der Waals surface area (Å²) in [6, 6.07) is 11.5. The van der Waals surface area contributed by atoms with E-state index in [1.807, 2.05) is 56.4 Å². The molecule has 4 nitrogen and oxygen atoms in total. The Labute approximate surface area is 119 Å². The Morgan fingerprint density at radius 1 is 1.20 bits per heavy atom. The summed E-state index contributed by atoms with van der Waals surface area (Å²) in [6.45, 7) is 4.61. The molecule has 0 aliphatic rings. The lowest BCUT2D eigenvalue weighted by atomic mass is 10.2. The van der Waals surface area contributed by atoms with E-state index >= 15 is 0 Å². The van der Waals surface area contributed by atoms with E-state index in [0.717, 1.165) is 11.3 Å². The lowest BCUT2D eigenvalue weighted by molar-refractivity contribution is 0.0943. The summed E-state index contributed by atoms with van der Waals surface area (Å²) in [5.41, 5.74) is 2.77. The minimum atomic E-state index is -0.0428. The van der Waals surface area contributed by atoms with Crippen LogP contribution in [0, 0.1) is 0 Å². The molecule has 104 valence electrons. The molecule has 0 saturated heterocycles. The van der Waals surface area contributed by atoms with E-state index in [1.165, 1.54) is 0 Å². The predicted octanol–water partition coefficient (Wildman–Crippen LogP) is 2.83. The van der Waals surface area contributed by atoms with E-state index in [4.69, 9.17) is 0 Å². The van der Waals surface area contributed by atoms with E-state index in [-0.39, 0.29) is 11.9 Å². The van der Waals surface area contributed by atoms with Crippen LogP contribution in [0.15, 0.2) is 48.8 Å². The van der Waals surface area contributed by atoms with Crippen LogP contribution in [0.2, 0.25) is 0 Å². The smallest absolute Gasteiger partial charge is 0.251 e. The van der Waals surface area contributed by atoms with Crippen LogP contribution >= 0.6 is 0 Å². The van der Waals surface area contributed by atoms with E-state index < -0.39 is 0 Å². The number of pyridine rings is 1. The van der Waals surface area contributed by atoms with E-state index in [2.05, 4.69) is 15.6 Å². The third-order valence-electron chi connectivity index (χ3n) is 2.79. The number of benzene rings is 1. The molecule has 1 heterocycles. The summed E-state index contributed by atoms with van der Waals surface area (Å²) in [4.78, 5) is 15.9. The number of rotatable bonds is 5. The number of hydrogen-bond acceptors (Lipinski definition) is 3. The Balaban J connectivity index is 1.93. The van der Waals surface area contributed by atoms with Gasteiger partial charge < -0.3 is 10.6 Å². The molecule has 2 rings (SSSR count). The van der Waals surface area contributed by atoms with Crippen molar-refractivity contribution in [1.82, 2.24) is 10.3 Å². The van der Waals surface area contributed by atoms with Crippen LogP contribution in [0.4, 0.5) is 5.69 Å². The largest absolute Gasteiger partial charge is 0.381 e. The van der Waals surface area contributed by atoms with Crippen LogP contribution in [0.1, 0.15) is 29.8 Å². The van der Waals surface area contributed by atoms with Crippen LogP contribution in [0.25, 0.3) is 0 Å². The summed E-state index contributed by atoms with van der Waals surface area (Å²) in [5, 5.41) is 6.16. The van der Waals surface area contributed by atoms with Crippen LogP contribution in [0.5, 0.6) is 0 Å². The molecule has 2 N–H and O–H groups in total. The van der Waals surface area contributed by atoms with Gasteiger partial charge in [-0.3, -0.25) is 9.78 Å². The maximum Gasteiger partial charge on any atom is 0.251 e. The molecule has 0 spiro atoms. The molecule has 2 aromatic rings. The van der Waals surface area contributed by atoms with Crippen molar-refractivity contribution >= 4 is 11.6 Å². The lowest BCUT2D eigenvalue weighted by Crippen LogP contribution is -2.29. The van der Waals surface area contributed by atoms with Crippen LogP contribution in [0.3, 0.4) is 0 Å². The molecule has 20 heavy (non-hydrogen) atoms. The van der Waals surface area contributed by atoms with Crippen molar-refractivity contribution in [2.45, 2.75) is 26.4 Å². The quantitative estimate of drug-likeness (QED) is 0.877. The van der Waals surface area contributed by atoms with Gasteiger partial charge in [0.05, 0.1) is 0 Å². The Bertz CT molecular complexity index is 550. The van der Waals surface area contributed by atoms with Crippen LogP contribution < -0.4 is 10.6 Å². The molecule has 0 radical (unpaired) electrons. The Kier molecular flexibility index (Phi) is 4.71. The van der Waals surface area contributed by atoms with Crippen molar-refractivity contribution in [2.75, 3.05) is 5.32 Å². The van der Waals surface area contributed by atoms with Crippen molar-refractivity contribution in [3.05, 3.63) is 59.9 Å². The third-order valence-corrected chi connectivity index (χ3v) is 2.79. The zero-order valence-corrected chi connectivity index (χ0v) is 11.8. The van der Waals surface area contributed by atoms with Crippen LogP contribution in [-0.4, -0.2) is 16.9 Å². The first-order chi connectivity index (χ1) is 9.65. The first-order valence-corrected chi connectivity index (χ1v) is 6.69. The molecule has 0 bridgehead atoms. The maximum absolute atomic E-state index is 11.8. The third kappa shape index (κ3) is 4.09. The Morgan fingerprint density at radius 3 is 2.55 bits per heavy atom. The van der Waals surface area contributed by atoms with Crippen molar-refractivity contribution in [1.29, 1.82) is 0 Å². The molecule has 0 unspecified atom stereocenters.